The number of anilines is 2. The lowest BCUT2D eigenvalue weighted by molar-refractivity contribution is 0.795. The molecular formula is C13H12Cl2N8. The van der Waals surface area contributed by atoms with Gasteiger partial charge in [0, 0.05) is 29.2 Å². The standard InChI is InChI=1S/C13H12Cl2N8/c1-16-11-20-12(22-13(21-11)23-7-17-6-19-23)18-5-8-9(14)3-2-4-10(8)15/h2-4,6-7H,5H2,1H3,(H2,16,18,20,21,22). The van der Waals surface area contributed by atoms with Crippen molar-refractivity contribution in [2.75, 3.05) is 17.7 Å². The highest BCUT2D eigenvalue weighted by Crippen LogP contribution is 2.24. The number of nitrogens with one attached hydrogen (secondary N) is 2. The zero-order chi connectivity index (χ0) is 16.2. The van der Waals surface area contributed by atoms with Gasteiger partial charge in [-0.15, -0.1) is 0 Å². The number of hydrogen-bond donors (Lipinski definition) is 2. The van der Waals surface area contributed by atoms with Crippen molar-refractivity contribution in [3.8, 4) is 5.95 Å². The Kier molecular flexibility index (Phi) is 4.54. The second-order valence-electron chi connectivity index (χ2n) is 4.43. The number of aromatic nitrogens is 6. The van der Waals surface area contributed by atoms with Gasteiger partial charge in [-0.3, -0.25) is 0 Å². The molecule has 0 bridgehead atoms. The van der Waals surface area contributed by atoms with Crippen LogP contribution in [0, 0.1) is 0 Å². The molecule has 10 heteroatoms. The average molecular weight is 351 g/mol. The molecule has 0 saturated heterocycles. The number of hydrogen-bond acceptors (Lipinski definition) is 7. The topological polar surface area (TPSA) is 93.4 Å². The van der Waals surface area contributed by atoms with E-state index in [9.17, 15) is 0 Å². The van der Waals surface area contributed by atoms with Gasteiger partial charge in [-0.1, -0.05) is 29.3 Å². The van der Waals surface area contributed by atoms with Gasteiger partial charge in [0.25, 0.3) is 5.95 Å². The van der Waals surface area contributed by atoms with E-state index in [-0.39, 0.29) is 0 Å². The normalized spacial score (nSPS) is 10.6. The molecule has 1 aromatic carbocycles. The number of nitrogens with zero attached hydrogens (tertiary/aromatic N) is 6. The Bertz CT molecular complexity index is 785. The van der Waals surface area contributed by atoms with Gasteiger partial charge in [0.1, 0.15) is 12.7 Å². The molecule has 3 aromatic rings. The van der Waals surface area contributed by atoms with Gasteiger partial charge in [-0.2, -0.15) is 24.7 Å². The summed E-state index contributed by atoms with van der Waals surface area (Å²) in [7, 11) is 1.72. The van der Waals surface area contributed by atoms with Crippen molar-refractivity contribution in [3.63, 3.8) is 0 Å². The third-order valence-electron chi connectivity index (χ3n) is 2.96. The summed E-state index contributed by atoms with van der Waals surface area (Å²) in [5, 5.41) is 11.1. The van der Waals surface area contributed by atoms with Crippen molar-refractivity contribution < 1.29 is 0 Å². The zero-order valence-electron chi connectivity index (χ0n) is 12.0. The van der Waals surface area contributed by atoms with Crippen LogP contribution >= 0.6 is 23.2 Å². The number of halogens is 2. The van der Waals surface area contributed by atoms with Crippen LogP contribution in [0.4, 0.5) is 11.9 Å². The van der Waals surface area contributed by atoms with Gasteiger partial charge in [0.2, 0.25) is 11.9 Å². The molecular weight excluding hydrogens is 339 g/mol. The summed E-state index contributed by atoms with van der Waals surface area (Å²) < 4.78 is 1.44. The first-order chi connectivity index (χ1) is 11.2. The summed E-state index contributed by atoms with van der Waals surface area (Å²) in [6.07, 6.45) is 2.91. The fraction of sp³-hybridized carbons (Fsp3) is 0.154. The van der Waals surface area contributed by atoms with E-state index in [0.717, 1.165) is 5.56 Å². The highest BCUT2D eigenvalue weighted by atomic mass is 35.5. The van der Waals surface area contributed by atoms with E-state index < -0.39 is 0 Å². The van der Waals surface area contributed by atoms with Crippen LogP contribution in [0.3, 0.4) is 0 Å². The second-order valence-corrected chi connectivity index (χ2v) is 5.24. The van der Waals surface area contributed by atoms with Gasteiger partial charge in [0.15, 0.2) is 0 Å². The first kappa shape index (κ1) is 15.4. The van der Waals surface area contributed by atoms with Gasteiger partial charge >= 0.3 is 0 Å². The average Bonchev–Trinajstić information content (AvgIpc) is 3.08. The maximum atomic E-state index is 6.15. The largest absolute Gasteiger partial charge is 0.357 e. The van der Waals surface area contributed by atoms with Crippen molar-refractivity contribution in [2.45, 2.75) is 6.54 Å². The number of rotatable bonds is 5. The molecule has 0 unspecified atom stereocenters. The molecule has 0 aliphatic rings. The van der Waals surface area contributed by atoms with E-state index in [2.05, 4.69) is 35.7 Å². The quantitative estimate of drug-likeness (QED) is 0.729. The third-order valence-corrected chi connectivity index (χ3v) is 3.66. The molecule has 0 saturated carbocycles. The first-order valence-corrected chi connectivity index (χ1v) is 7.38. The van der Waals surface area contributed by atoms with E-state index in [1.165, 1.54) is 17.3 Å². The summed E-state index contributed by atoms with van der Waals surface area (Å²) in [6, 6.07) is 5.34. The molecule has 0 fully saturated rings. The first-order valence-electron chi connectivity index (χ1n) is 6.63. The van der Waals surface area contributed by atoms with Crippen molar-refractivity contribution >= 4 is 35.1 Å². The van der Waals surface area contributed by atoms with Crippen LogP contribution in [0.15, 0.2) is 30.9 Å². The maximum absolute atomic E-state index is 6.15. The van der Waals surface area contributed by atoms with E-state index in [0.29, 0.717) is 34.4 Å². The minimum atomic E-state index is 0.342. The Balaban J connectivity index is 1.86. The van der Waals surface area contributed by atoms with Crippen LogP contribution in [-0.2, 0) is 6.54 Å². The molecule has 118 valence electrons. The van der Waals surface area contributed by atoms with Gasteiger partial charge in [0.05, 0.1) is 0 Å². The summed E-state index contributed by atoms with van der Waals surface area (Å²) in [5.74, 6) is 1.11. The summed E-state index contributed by atoms with van der Waals surface area (Å²) in [4.78, 5) is 16.6. The predicted molar refractivity (Wildman–Crippen MR) is 88.1 cm³/mol. The fourth-order valence-electron chi connectivity index (χ4n) is 1.84. The lowest BCUT2D eigenvalue weighted by Gasteiger charge is -2.10. The second kappa shape index (κ2) is 6.76. The molecule has 0 spiro atoms. The SMILES string of the molecule is CNc1nc(NCc2c(Cl)cccc2Cl)nc(-n2cncn2)n1. The minimum absolute atomic E-state index is 0.342. The maximum Gasteiger partial charge on any atom is 0.258 e. The molecule has 2 N–H and O–H groups in total. The summed E-state index contributed by atoms with van der Waals surface area (Å²) in [6.45, 7) is 0.377. The minimum Gasteiger partial charge on any atom is -0.357 e. The molecule has 0 aliphatic carbocycles. The van der Waals surface area contributed by atoms with E-state index >= 15 is 0 Å². The Morgan fingerprint density at radius 2 is 1.83 bits per heavy atom. The summed E-state index contributed by atoms with van der Waals surface area (Å²) in [5.41, 5.74) is 0.768. The monoisotopic (exact) mass is 350 g/mol. The zero-order valence-corrected chi connectivity index (χ0v) is 13.5. The van der Waals surface area contributed by atoms with E-state index in [1.54, 1.807) is 25.2 Å². The Morgan fingerprint density at radius 1 is 1.09 bits per heavy atom. The molecule has 8 nitrogen and oxygen atoms in total. The number of benzene rings is 1. The molecule has 0 radical (unpaired) electrons. The third kappa shape index (κ3) is 3.49. The van der Waals surface area contributed by atoms with Crippen LogP contribution in [-0.4, -0.2) is 36.8 Å². The molecule has 2 aromatic heterocycles. The molecule has 0 aliphatic heterocycles. The van der Waals surface area contributed by atoms with Crippen LogP contribution < -0.4 is 10.6 Å². The molecule has 23 heavy (non-hydrogen) atoms. The van der Waals surface area contributed by atoms with Gasteiger partial charge in [-0.25, -0.2) is 4.98 Å². The Labute approximate surface area is 141 Å². The molecule has 2 heterocycles. The van der Waals surface area contributed by atoms with Crippen molar-refractivity contribution in [1.82, 2.24) is 29.7 Å². The molecule has 3 rings (SSSR count). The highest BCUT2D eigenvalue weighted by molar-refractivity contribution is 6.36. The van der Waals surface area contributed by atoms with Crippen LogP contribution in [0.5, 0.6) is 0 Å². The highest BCUT2D eigenvalue weighted by Gasteiger charge is 2.10. The van der Waals surface area contributed by atoms with Crippen molar-refractivity contribution in [3.05, 3.63) is 46.5 Å². The Morgan fingerprint density at radius 3 is 2.48 bits per heavy atom. The summed E-state index contributed by atoms with van der Waals surface area (Å²) >= 11 is 12.3. The van der Waals surface area contributed by atoms with E-state index in [1.807, 2.05) is 0 Å². The van der Waals surface area contributed by atoms with Crippen molar-refractivity contribution in [2.24, 2.45) is 0 Å². The van der Waals surface area contributed by atoms with Crippen LogP contribution in [0.25, 0.3) is 5.95 Å². The fourth-order valence-corrected chi connectivity index (χ4v) is 2.37. The van der Waals surface area contributed by atoms with Crippen LogP contribution in [0.1, 0.15) is 5.56 Å². The van der Waals surface area contributed by atoms with Crippen LogP contribution in [0.2, 0.25) is 10.0 Å². The predicted octanol–water partition coefficient (Wildman–Crippen LogP) is 2.41. The van der Waals surface area contributed by atoms with E-state index in [4.69, 9.17) is 23.2 Å². The molecule has 0 amide bonds. The molecule has 0 atom stereocenters. The van der Waals surface area contributed by atoms with Gasteiger partial charge < -0.3 is 10.6 Å². The van der Waals surface area contributed by atoms with Gasteiger partial charge in [-0.05, 0) is 12.1 Å². The lowest BCUT2D eigenvalue weighted by atomic mass is 10.2. The Hall–Kier alpha value is -2.45. The lowest BCUT2D eigenvalue weighted by Crippen LogP contribution is -2.11. The van der Waals surface area contributed by atoms with Crippen molar-refractivity contribution in [1.29, 1.82) is 0 Å². The smallest absolute Gasteiger partial charge is 0.258 e.